The number of nitrogens with zero attached hydrogens (tertiary/aromatic N) is 2. The Kier molecular flexibility index (Phi) is 7.02. The summed E-state index contributed by atoms with van der Waals surface area (Å²) in [7, 11) is 0. The summed E-state index contributed by atoms with van der Waals surface area (Å²) in [4.78, 5) is 20.5. The zero-order chi connectivity index (χ0) is 20.8. The van der Waals surface area contributed by atoms with Gasteiger partial charge in [0.2, 0.25) is 0 Å². The maximum absolute atomic E-state index is 13.2. The lowest BCUT2D eigenvalue weighted by Crippen LogP contribution is -2.30. The van der Waals surface area contributed by atoms with Crippen molar-refractivity contribution in [2.24, 2.45) is 4.99 Å². The monoisotopic (exact) mass is 524 g/mol. The minimum Gasteiger partial charge on any atom is -0.286 e. The highest BCUT2D eigenvalue weighted by atomic mass is 127. The highest BCUT2D eigenvalue weighted by molar-refractivity contribution is 14.1. The molecule has 0 atom stereocenters. The molecular weight excluding hydrogens is 503 g/mol. The van der Waals surface area contributed by atoms with Crippen LogP contribution in [0.5, 0.6) is 0 Å². The number of thioether (sulfide) groups is 1. The molecule has 0 unspecified atom stereocenters. The number of para-hydroxylation sites is 1. The molecule has 1 amide bonds. The van der Waals surface area contributed by atoms with E-state index in [0.717, 1.165) is 32.8 Å². The van der Waals surface area contributed by atoms with Gasteiger partial charge in [-0.05, 0) is 82.6 Å². The molecule has 1 fully saturated rings. The summed E-state index contributed by atoms with van der Waals surface area (Å²) in [6.07, 6.45) is 3.80. The Balaban J connectivity index is 1.58. The van der Waals surface area contributed by atoms with Crippen LogP contribution in [0.25, 0.3) is 6.08 Å². The van der Waals surface area contributed by atoms with Gasteiger partial charge in [0.05, 0.1) is 10.6 Å². The second-order valence-corrected chi connectivity index (χ2v) is 9.08. The van der Waals surface area contributed by atoms with Gasteiger partial charge in [0, 0.05) is 10.1 Å². The Morgan fingerprint density at radius 2 is 1.57 bits per heavy atom. The number of benzene rings is 3. The van der Waals surface area contributed by atoms with E-state index in [4.69, 9.17) is 4.99 Å². The predicted molar refractivity (Wildman–Crippen MR) is 135 cm³/mol. The van der Waals surface area contributed by atoms with Crippen molar-refractivity contribution < 1.29 is 4.79 Å². The van der Waals surface area contributed by atoms with Crippen LogP contribution >= 0.6 is 34.4 Å². The first-order valence-electron chi connectivity index (χ1n) is 9.84. The molecule has 1 aliphatic heterocycles. The average Bonchev–Trinajstić information content (AvgIpc) is 3.06. The van der Waals surface area contributed by atoms with Gasteiger partial charge in [0.15, 0.2) is 5.17 Å². The van der Waals surface area contributed by atoms with Gasteiger partial charge >= 0.3 is 0 Å². The Morgan fingerprint density at radius 3 is 2.30 bits per heavy atom. The SMILES string of the molecule is O=C1/C(=C/c2ccccc2I)SC(=Nc2ccccc2)N1CCCc1ccccc1. The number of aliphatic imine (C=N–C) groups is 1. The number of rotatable bonds is 6. The van der Waals surface area contributed by atoms with Gasteiger partial charge in [-0.25, -0.2) is 4.99 Å². The number of carbonyl (C=O) groups excluding carboxylic acids is 1. The summed E-state index contributed by atoms with van der Waals surface area (Å²) in [5.41, 5.74) is 3.20. The molecule has 0 saturated carbocycles. The molecule has 0 N–H and O–H groups in total. The quantitative estimate of drug-likeness (QED) is 0.272. The van der Waals surface area contributed by atoms with Gasteiger partial charge in [-0.1, -0.05) is 66.7 Å². The Labute approximate surface area is 195 Å². The minimum atomic E-state index is 0.0300. The minimum absolute atomic E-state index is 0.0300. The second kappa shape index (κ2) is 10.1. The lowest BCUT2D eigenvalue weighted by Gasteiger charge is -2.15. The Morgan fingerprint density at radius 1 is 0.900 bits per heavy atom. The van der Waals surface area contributed by atoms with Crippen molar-refractivity contribution in [1.82, 2.24) is 4.90 Å². The molecule has 3 aromatic rings. The highest BCUT2D eigenvalue weighted by Crippen LogP contribution is 2.35. The van der Waals surface area contributed by atoms with E-state index in [1.165, 1.54) is 17.3 Å². The van der Waals surface area contributed by atoms with E-state index in [2.05, 4.69) is 46.9 Å². The molecule has 1 aliphatic rings. The maximum Gasteiger partial charge on any atom is 0.266 e. The van der Waals surface area contributed by atoms with Gasteiger partial charge in [0.25, 0.3) is 5.91 Å². The van der Waals surface area contributed by atoms with E-state index in [1.54, 1.807) is 0 Å². The molecule has 0 aromatic heterocycles. The topological polar surface area (TPSA) is 32.7 Å². The first kappa shape index (κ1) is 20.9. The Bertz CT molecular complexity index is 1080. The third-order valence-electron chi connectivity index (χ3n) is 4.75. The van der Waals surface area contributed by atoms with Crippen molar-refractivity contribution in [2.75, 3.05) is 6.54 Å². The average molecular weight is 524 g/mol. The summed E-state index contributed by atoms with van der Waals surface area (Å²) in [5.74, 6) is 0.0300. The van der Waals surface area contributed by atoms with E-state index in [0.29, 0.717) is 11.4 Å². The summed E-state index contributed by atoms with van der Waals surface area (Å²) in [6.45, 7) is 0.648. The van der Waals surface area contributed by atoms with E-state index >= 15 is 0 Å². The molecule has 3 nitrogen and oxygen atoms in total. The van der Waals surface area contributed by atoms with Crippen molar-refractivity contribution in [3.05, 3.63) is 105 Å². The summed E-state index contributed by atoms with van der Waals surface area (Å²) in [6, 6.07) is 28.3. The van der Waals surface area contributed by atoms with E-state index < -0.39 is 0 Å². The zero-order valence-electron chi connectivity index (χ0n) is 16.4. The largest absolute Gasteiger partial charge is 0.286 e. The van der Waals surface area contributed by atoms with Crippen molar-refractivity contribution in [3.63, 3.8) is 0 Å². The molecule has 5 heteroatoms. The fraction of sp³-hybridized carbons (Fsp3) is 0.120. The lowest BCUT2D eigenvalue weighted by molar-refractivity contribution is -0.122. The van der Waals surface area contributed by atoms with E-state index in [9.17, 15) is 4.79 Å². The molecule has 1 saturated heterocycles. The van der Waals surface area contributed by atoms with Crippen LogP contribution in [0.15, 0.2) is 94.8 Å². The van der Waals surface area contributed by atoms with Crippen LogP contribution in [0, 0.1) is 3.57 Å². The number of halogens is 1. The molecule has 0 spiro atoms. The van der Waals surface area contributed by atoms with Crippen molar-refractivity contribution in [2.45, 2.75) is 12.8 Å². The number of hydrogen-bond acceptors (Lipinski definition) is 3. The highest BCUT2D eigenvalue weighted by Gasteiger charge is 2.33. The summed E-state index contributed by atoms with van der Waals surface area (Å²) < 4.78 is 1.13. The molecular formula is C25H21IN2OS. The van der Waals surface area contributed by atoms with Crippen LogP contribution in [-0.2, 0) is 11.2 Å². The molecule has 1 heterocycles. The molecule has 0 aliphatic carbocycles. The van der Waals surface area contributed by atoms with Gasteiger partial charge in [0.1, 0.15) is 0 Å². The van der Waals surface area contributed by atoms with Crippen molar-refractivity contribution >= 4 is 57.2 Å². The van der Waals surface area contributed by atoms with Crippen LogP contribution in [0.2, 0.25) is 0 Å². The molecule has 3 aromatic carbocycles. The first-order valence-corrected chi connectivity index (χ1v) is 11.7. The number of carbonyl (C=O) groups is 1. The van der Waals surface area contributed by atoms with E-state index in [-0.39, 0.29) is 5.91 Å². The number of amides is 1. The number of amidine groups is 1. The van der Waals surface area contributed by atoms with Gasteiger partial charge in [-0.3, -0.25) is 9.69 Å². The molecule has 30 heavy (non-hydrogen) atoms. The lowest BCUT2D eigenvalue weighted by atomic mass is 10.1. The predicted octanol–water partition coefficient (Wildman–Crippen LogP) is 6.53. The standard InChI is InChI=1S/C25H21IN2OS/c26-22-16-8-7-13-20(22)18-23-24(29)28(17-9-12-19-10-3-1-4-11-19)25(30-23)27-21-14-5-2-6-15-21/h1-8,10-11,13-16,18H,9,12,17H2/b23-18-,27-25?. The zero-order valence-corrected chi connectivity index (χ0v) is 19.3. The third kappa shape index (κ3) is 5.21. The maximum atomic E-state index is 13.2. The molecule has 4 rings (SSSR count). The van der Waals surface area contributed by atoms with Gasteiger partial charge in [-0.15, -0.1) is 0 Å². The van der Waals surface area contributed by atoms with Crippen LogP contribution in [-0.4, -0.2) is 22.5 Å². The first-order chi connectivity index (χ1) is 14.7. The van der Waals surface area contributed by atoms with Gasteiger partial charge in [-0.2, -0.15) is 0 Å². The Hall–Kier alpha value is -2.38. The number of aryl methyl sites for hydroxylation is 1. The third-order valence-corrected chi connectivity index (χ3v) is 6.74. The second-order valence-electron chi connectivity index (χ2n) is 6.91. The van der Waals surface area contributed by atoms with Crippen LogP contribution in [0.4, 0.5) is 5.69 Å². The van der Waals surface area contributed by atoms with Crippen molar-refractivity contribution in [3.8, 4) is 0 Å². The van der Waals surface area contributed by atoms with Crippen molar-refractivity contribution in [1.29, 1.82) is 0 Å². The molecule has 150 valence electrons. The van der Waals surface area contributed by atoms with Crippen LogP contribution < -0.4 is 0 Å². The molecule has 0 radical (unpaired) electrons. The van der Waals surface area contributed by atoms with Gasteiger partial charge < -0.3 is 0 Å². The summed E-state index contributed by atoms with van der Waals surface area (Å²) >= 11 is 3.76. The summed E-state index contributed by atoms with van der Waals surface area (Å²) in [5, 5.41) is 0.747. The van der Waals surface area contributed by atoms with Crippen LogP contribution in [0.1, 0.15) is 17.5 Å². The number of hydrogen-bond donors (Lipinski definition) is 0. The fourth-order valence-corrected chi connectivity index (χ4v) is 4.78. The fourth-order valence-electron chi connectivity index (χ4n) is 3.22. The van der Waals surface area contributed by atoms with E-state index in [1.807, 2.05) is 71.6 Å². The normalized spacial score (nSPS) is 16.6. The van der Waals surface area contributed by atoms with Crippen LogP contribution in [0.3, 0.4) is 0 Å². The smallest absolute Gasteiger partial charge is 0.266 e. The molecule has 0 bridgehead atoms.